The van der Waals surface area contributed by atoms with E-state index in [-0.39, 0.29) is 11.9 Å². The molecule has 1 atom stereocenters. The Bertz CT molecular complexity index is 1440. The number of nitrogens with one attached hydrogen (secondary N) is 1. The maximum atomic E-state index is 9.66. The van der Waals surface area contributed by atoms with Crippen molar-refractivity contribution >= 4 is 28.6 Å². The molecule has 36 heavy (non-hydrogen) atoms. The third kappa shape index (κ3) is 4.74. The minimum atomic E-state index is 0.0998. The lowest BCUT2D eigenvalue weighted by Crippen LogP contribution is -2.31. The third-order valence-electron chi connectivity index (χ3n) is 6.85. The van der Waals surface area contributed by atoms with Crippen LogP contribution in [0.2, 0.25) is 5.02 Å². The van der Waals surface area contributed by atoms with Gasteiger partial charge in [0.1, 0.15) is 23.2 Å². The molecule has 1 N–H and O–H groups in total. The Balaban J connectivity index is 1.73. The average molecular weight is 501 g/mol. The lowest BCUT2D eigenvalue weighted by molar-refractivity contribution is 0.285. The molecule has 0 radical (unpaired) electrons. The number of aryl methyl sites for hydroxylation is 1. The van der Waals surface area contributed by atoms with E-state index in [1.165, 1.54) is 19.3 Å². The maximum Gasteiger partial charge on any atom is 0.236 e. The number of fused-ring (bicyclic) bond motifs is 1. The summed E-state index contributed by atoms with van der Waals surface area (Å²) in [5.41, 5.74) is 4.29. The van der Waals surface area contributed by atoms with Crippen LogP contribution in [0.25, 0.3) is 22.6 Å². The molecule has 1 fully saturated rings. The lowest BCUT2D eigenvalue weighted by Gasteiger charge is -2.32. The molecular formula is C28H29ClN6O. The molecule has 7 nitrogen and oxygen atoms in total. The first-order chi connectivity index (χ1) is 17.5. The van der Waals surface area contributed by atoms with Gasteiger partial charge in [-0.05, 0) is 69.4 Å². The molecule has 0 aliphatic heterocycles. The number of hydrogen-bond donors (Lipinski definition) is 1. The van der Waals surface area contributed by atoms with Crippen molar-refractivity contribution in [3.05, 3.63) is 64.4 Å². The van der Waals surface area contributed by atoms with Crippen molar-refractivity contribution < 1.29 is 4.74 Å². The van der Waals surface area contributed by atoms with Gasteiger partial charge in [-0.2, -0.15) is 15.2 Å². The van der Waals surface area contributed by atoms with Gasteiger partial charge in [-0.1, -0.05) is 41.8 Å². The second kappa shape index (κ2) is 10.2. The van der Waals surface area contributed by atoms with Crippen LogP contribution in [0.4, 0.5) is 5.82 Å². The second-order valence-electron chi connectivity index (χ2n) is 9.38. The molecule has 0 bridgehead atoms. The zero-order chi connectivity index (χ0) is 25.2. The largest absolute Gasteiger partial charge is 0.493 e. The fourth-order valence-corrected chi connectivity index (χ4v) is 4.82. The van der Waals surface area contributed by atoms with Gasteiger partial charge in [-0.25, -0.2) is 4.98 Å². The van der Waals surface area contributed by atoms with Gasteiger partial charge in [-0.3, -0.25) is 0 Å². The van der Waals surface area contributed by atoms with Gasteiger partial charge in [-0.15, -0.1) is 0 Å². The maximum absolute atomic E-state index is 9.66. The number of benzene rings is 2. The second-order valence-corrected chi connectivity index (χ2v) is 9.82. The van der Waals surface area contributed by atoms with E-state index >= 15 is 0 Å². The molecule has 0 unspecified atom stereocenters. The summed E-state index contributed by atoms with van der Waals surface area (Å²) in [5, 5.41) is 13.9. The first-order valence-electron chi connectivity index (χ1n) is 12.4. The summed E-state index contributed by atoms with van der Waals surface area (Å²) in [7, 11) is 0. The molecule has 184 valence electrons. The van der Waals surface area contributed by atoms with Crippen LogP contribution in [0, 0.1) is 24.2 Å². The van der Waals surface area contributed by atoms with E-state index < -0.39 is 0 Å². The summed E-state index contributed by atoms with van der Waals surface area (Å²) in [6.45, 7) is 7.27. The first kappa shape index (κ1) is 24.1. The fraction of sp³-hybridized carbons (Fsp3) is 0.357. The lowest BCUT2D eigenvalue weighted by atomic mass is 9.80. The number of rotatable bonds is 8. The van der Waals surface area contributed by atoms with Crippen LogP contribution in [0.1, 0.15) is 50.1 Å². The van der Waals surface area contributed by atoms with Crippen LogP contribution >= 0.6 is 11.6 Å². The highest BCUT2D eigenvalue weighted by atomic mass is 35.5. The van der Waals surface area contributed by atoms with E-state index in [4.69, 9.17) is 21.3 Å². The molecule has 2 heterocycles. The number of imidazole rings is 1. The van der Waals surface area contributed by atoms with E-state index in [9.17, 15) is 5.26 Å². The number of anilines is 1. The number of ether oxygens (including phenoxy) is 1. The average Bonchev–Trinajstić information content (AvgIpc) is 3.18. The van der Waals surface area contributed by atoms with Crippen LogP contribution in [0.5, 0.6) is 5.75 Å². The third-order valence-corrected chi connectivity index (χ3v) is 7.11. The van der Waals surface area contributed by atoms with Crippen LogP contribution < -0.4 is 10.1 Å². The molecule has 0 saturated heterocycles. The Morgan fingerprint density at radius 2 is 1.94 bits per heavy atom. The Morgan fingerprint density at radius 3 is 2.61 bits per heavy atom. The van der Waals surface area contributed by atoms with E-state index in [0.717, 1.165) is 33.8 Å². The van der Waals surface area contributed by atoms with Crippen LogP contribution in [0.15, 0.2) is 42.5 Å². The molecule has 0 amide bonds. The van der Waals surface area contributed by atoms with Crippen molar-refractivity contribution in [3.8, 4) is 23.2 Å². The summed E-state index contributed by atoms with van der Waals surface area (Å²) in [4.78, 5) is 14.0. The highest BCUT2D eigenvalue weighted by molar-refractivity contribution is 6.30. The van der Waals surface area contributed by atoms with Crippen molar-refractivity contribution in [1.82, 2.24) is 19.5 Å². The van der Waals surface area contributed by atoms with Crippen molar-refractivity contribution in [3.63, 3.8) is 0 Å². The van der Waals surface area contributed by atoms with Crippen LogP contribution in [0.3, 0.4) is 0 Å². The quantitative estimate of drug-likeness (QED) is 0.302. The normalized spacial score (nSPS) is 14.3. The standard InChI is InChI=1S/C28H29ClN6O/c1-4-36-23-13-8-17(2)14-22(23)28-34-27-25(35(28)16-19-9-11-21(29)12-10-19)26(32-24(15-30)33-27)31-18(3)20-6-5-7-20/h8-14,18,20H,4-7,16H2,1-3H3,(H,31,32,33)/t18-/m1/s1. The molecular weight excluding hydrogens is 472 g/mol. The summed E-state index contributed by atoms with van der Waals surface area (Å²) in [6, 6.07) is 16.2. The minimum Gasteiger partial charge on any atom is -0.493 e. The van der Waals surface area contributed by atoms with Crippen molar-refractivity contribution in [1.29, 1.82) is 5.26 Å². The van der Waals surface area contributed by atoms with Gasteiger partial charge < -0.3 is 14.6 Å². The zero-order valence-electron chi connectivity index (χ0n) is 20.8. The smallest absolute Gasteiger partial charge is 0.236 e. The fourth-order valence-electron chi connectivity index (χ4n) is 4.69. The number of nitriles is 1. The summed E-state index contributed by atoms with van der Waals surface area (Å²) in [5.74, 6) is 2.79. The molecule has 1 aliphatic rings. The molecule has 5 rings (SSSR count). The predicted molar refractivity (Wildman–Crippen MR) is 142 cm³/mol. The van der Waals surface area contributed by atoms with Crippen LogP contribution in [-0.2, 0) is 6.54 Å². The molecule has 1 saturated carbocycles. The van der Waals surface area contributed by atoms with Crippen LogP contribution in [-0.4, -0.2) is 32.2 Å². The van der Waals surface area contributed by atoms with E-state index in [1.807, 2.05) is 50.2 Å². The summed E-state index contributed by atoms with van der Waals surface area (Å²) in [6.07, 6.45) is 3.65. The van der Waals surface area contributed by atoms with Crippen molar-refractivity contribution in [2.45, 2.75) is 52.6 Å². The van der Waals surface area contributed by atoms with Gasteiger partial charge >= 0.3 is 0 Å². The Labute approximate surface area is 216 Å². The van der Waals surface area contributed by atoms with Gasteiger partial charge in [0.25, 0.3) is 0 Å². The first-order valence-corrected chi connectivity index (χ1v) is 12.8. The Morgan fingerprint density at radius 1 is 1.17 bits per heavy atom. The summed E-state index contributed by atoms with van der Waals surface area (Å²) < 4.78 is 8.10. The van der Waals surface area contributed by atoms with Crippen molar-refractivity contribution in [2.24, 2.45) is 5.92 Å². The topological polar surface area (TPSA) is 88.7 Å². The van der Waals surface area contributed by atoms with Gasteiger partial charge in [0.15, 0.2) is 11.5 Å². The molecule has 8 heteroatoms. The molecule has 2 aromatic heterocycles. The Kier molecular flexibility index (Phi) is 6.80. The van der Waals surface area contributed by atoms with E-state index in [2.05, 4.69) is 38.9 Å². The zero-order valence-corrected chi connectivity index (χ0v) is 21.5. The van der Waals surface area contributed by atoms with Gasteiger partial charge in [0, 0.05) is 17.6 Å². The number of halogens is 1. The minimum absolute atomic E-state index is 0.0998. The monoisotopic (exact) mass is 500 g/mol. The number of aromatic nitrogens is 4. The van der Waals surface area contributed by atoms with E-state index in [1.54, 1.807) is 0 Å². The van der Waals surface area contributed by atoms with Crippen molar-refractivity contribution in [2.75, 3.05) is 11.9 Å². The Hall–Kier alpha value is -3.63. The molecule has 1 aliphatic carbocycles. The van der Waals surface area contributed by atoms with Gasteiger partial charge in [0.2, 0.25) is 5.82 Å². The SMILES string of the molecule is CCOc1ccc(C)cc1-c1nc2nc(C#N)nc(N[C@H](C)C3CCC3)c2n1Cc1ccc(Cl)cc1. The van der Waals surface area contributed by atoms with E-state index in [0.29, 0.717) is 35.6 Å². The number of hydrogen-bond acceptors (Lipinski definition) is 6. The van der Waals surface area contributed by atoms with Gasteiger partial charge in [0.05, 0.1) is 12.2 Å². The highest BCUT2D eigenvalue weighted by Crippen LogP contribution is 2.36. The molecule has 2 aromatic carbocycles. The molecule has 0 spiro atoms. The molecule has 4 aromatic rings. The highest BCUT2D eigenvalue weighted by Gasteiger charge is 2.27. The number of nitrogens with zero attached hydrogens (tertiary/aromatic N) is 5. The predicted octanol–water partition coefficient (Wildman–Crippen LogP) is 6.37. The summed E-state index contributed by atoms with van der Waals surface area (Å²) >= 11 is 6.16.